The van der Waals surface area contributed by atoms with E-state index in [1.807, 2.05) is 60.4 Å². The molecule has 2 amide bonds. The molecule has 6 heteroatoms. The summed E-state index contributed by atoms with van der Waals surface area (Å²) in [5.74, 6) is 0.180. The van der Waals surface area contributed by atoms with Crippen molar-refractivity contribution in [2.45, 2.75) is 19.8 Å². The van der Waals surface area contributed by atoms with Gasteiger partial charge in [-0.05, 0) is 36.6 Å². The van der Waals surface area contributed by atoms with Crippen molar-refractivity contribution >= 4 is 23.4 Å². The summed E-state index contributed by atoms with van der Waals surface area (Å²) >= 11 is 5.88. The molecular weight excluding hydrogens is 386 g/mol. The molecular formula is C23H28ClN3O2. The van der Waals surface area contributed by atoms with Crippen LogP contribution in [0.3, 0.4) is 0 Å². The van der Waals surface area contributed by atoms with Crippen LogP contribution >= 0.6 is 11.6 Å². The minimum absolute atomic E-state index is 0.0263. The van der Waals surface area contributed by atoms with Gasteiger partial charge in [-0.15, -0.1) is 0 Å². The van der Waals surface area contributed by atoms with Gasteiger partial charge >= 0.3 is 0 Å². The van der Waals surface area contributed by atoms with Crippen molar-refractivity contribution < 1.29 is 9.59 Å². The Bertz CT molecular complexity index is 813. The number of carbonyl (C=O) groups is 2. The van der Waals surface area contributed by atoms with Gasteiger partial charge in [0.1, 0.15) is 0 Å². The Labute approximate surface area is 177 Å². The van der Waals surface area contributed by atoms with Gasteiger partial charge in [0.15, 0.2) is 0 Å². The minimum atomic E-state index is 0.0263. The average molecular weight is 414 g/mol. The summed E-state index contributed by atoms with van der Waals surface area (Å²) in [6.45, 7) is 5.81. The van der Waals surface area contributed by atoms with Crippen molar-refractivity contribution in [1.29, 1.82) is 0 Å². The highest BCUT2D eigenvalue weighted by atomic mass is 35.5. The van der Waals surface area contributed by atoms with Gasteiger partial charge in [0.25, 0.3) is 0 Å². The summed E-state index contributed by atoms with van der Waals surface area (Å²) in [4.78, 5) is 28.7. The van der Waals surface area contributed by atoms with E-state index < -0.39 is 0 Å². The summed E-state index contributed by atoms with van der Waals surface area (Å²) in [5, 5.41) is 3.69. The maximum Gasteiger partial charge on any atom is 0.234 e. The van der Waals surface area contributed by atoms with E-state index in [4.69, 9.17) is 11.6 Å². The Balaban J connectivity index is 1.34. The molecule has 1 fully saturated rings. The van der Waals surface area contributed by atoms with E-state index in [1.54, 1.807) is 0 Å². The topological polar surface area (TPSA) is 52.7 Å². The van der Waals surface area contributed by atoms with E-state index in [1.165, 1.54) is 5.56 Å². The molecule has 154 valence electrons. The maximum atomic E-state index is 12.5. The number of nitrogens with one attached hydrogen (secondary N) is 1. The molecule has 2 aromatic rings. The third-order valence-corrected chi connectivity index (χ3v) is 5.47. The van der Waals surface area contributed by atoms with Crippen molar-refractivity contribution in [3.8, 4) is 0 Å². The van der Waals surface area contributed by atoms with Crippen LogP contribution in [-0.2, 0) is 22.4 Å². The smallest absolute Gasteiger partial charge is 0.234 e. The SMILES string of the molecule is Cc1ccc(CC(=O)N2CCN(CC(=O)NCCc3ccc(Cl)cc3)CC2)cc1. The van der Waals surface area contributed by atoms with Gasteiger partial charge in [-0.1, -0.05) is 53.6 Å². The van der Waals surface area contributed by atoms with E-state index >= 15 is 0 Å². The van der Waals surface area contributed by atoms with Gasteiger partial charge in [-0.3, -0.25) is 14.5 Å². The Morgan fingerprint density at radius 2 is 1.55 bits per heavy atom. The molecule has 1 saturated heterocycles. The van der Waals surface area contributed by atoms with Crippen LogP contribution in [0.5, 0.6) is 0 Å². The van der Waals surface area contributed by atoms with Gasteiger partial charge in [0.2, 0.25) is 11.8 Å². The highest BCUT2D eigenvalue weighted by Crippen LogP contribution is 2.10. The molecule has 1 aliphatic heterocycles. The summed E-state index contributed by atoms with van der Waals surface area (Å²) in [5.41, 5.74) is 3.39. The first kappa shape index (κ1) is 21.3. The predicted octanol–water partition coefficient (Wildman–Crippen LogP) is 2.69. The van der Waals surface area contributed by atoms with Gasteiger partial charge in [-0.25, -0.2) is 0 Å². The molecule has 0 unspecified atom stereocenters. The van der Waals surface area contributed by atoms with Gasteiger partial charge in [0.05, 0.1) is 13.0 Å². The van der Waals surface area contributed by atoms with Crippen molar-refractivity contribution in [2.75, 3.05) is 39.3 Å². The number of benzene rings is 2. The Kier molecular flexibility index (Phi) is 7.67. The normalized spacial score (nSPS) is 14.6. The predicted molar refractivity (Wildman–Crippen MR) is 116 cm³/mol. The lowest BCUT2D eigenvalue weighted by Gasteiger charge is -2.34. The first-order valence-electron chi connectivity index (χ1n) is 10.1. The standard InChI is InChI=1S/C23H28ClN3O2/c1-18-2-4-20(5-3-18)16-23(29)27-14-12-26(13-15-27)17-22(28)25-11-10-19-6-8-21(24)9-7-19/h2-9H,10-17H2,1H3,(H,25,28). The molecule has 0 aliphatic carbocycles. The molecule has 0 atom stereocenters. The second kappa shape index (κ2) is 10.4. The van der Waals surface area contributed by atoms with E-state index in [0.717, 1.165) is 30.6 Å². The molecule has 5 nitrogen and oxygen atoms in total. The molecule has 29 heavy (non-hydrogen) atoms. The number of halogens is 1. The molecule has 0 spiro atoms. The zero-order valence-corrected chi connectivity index (χ0v) is 17.6. The summed E-state index contributed by atoms with van der Waals surface area (Å²) in [7, 11) is 0. The van der Waals surface area contributed by atoms with Crippen LogP contribution in [0.2, 0.25) is 5.02 Å². The lowest BCUT2D eigenvalue weighted by molar-refractivity contribution is -0.132. The monoisotopic (exact) mass is 413 g/mol. The molecule has 3 rings (SSSR count). The van der Waals surface area contributed by atoms with Crippen molar-refractivity contribution in [3.05, 3.63) is 70.2 Å². The van der Waals surface area contributed by atoms with Crippen LogP contribution in [0.15, 0.2) is 48.5 Å². The molecule has 0 bridgehead atoms. The Morgan fingerprint density at radius 1 is 0.931 bits per heavy atom. The number of hydrogen-bond acceptors (Lipinski definition) is 3. The van der Waals surface area contributed by atoms with Crippen LogP contribution in [0.4, 0.5) is 0 Å². The Morgan fingerprint density at radius 3 is 2.21 bits per heavy atom. The minimum Gasteiger partial charge on any atom is -0.355 e. The average Bonchev–Trinajstić information content (AvgIpc) is 2.72. The molecule has 2 aromatic carbocycles. The van der Waals surface area contributed by atoms with Crippen LogP contribution in [0.25, 0.3) is 0 Å². The van der Waals surface area contributed by atoms with E-state index in [9.17, 15) is 9.59 Å². The third kappa shape index (κ3) is 6.87. The third-order valence-electron chi connectivity index (χ3n) is 5.22. The van der Waals surface area contributed by atoms with Gasteiger partial charge in [-0.2, -0.15) is 0 Å². The highest BCUT2D eigenvalue weighted by molar-refractivity contribution is 6.30. The molecule has 0 saturated carbocycles. The van der Waals surface area contributed by atoms with Crippen molar-refractivity contribution in [3.63, 3.8) is 0 Å². The highest BCUT2D eigenvalue weighted by Gasteiger charge is 2.22. The van der Waals surface area contributed by atoms with Crippen LogP contribution < -0.4 is 5.32 Å². The van der Waals surface area contributed by atoms with E-state index in [-0.39, 0.29) is 11.8 Å². The number of aryl methyl sites for hydroxylation is 1. The molecule has 0 radical (unpaired) electrons. The molecule has 0 aromatic heterocycles. The fourth-order valence-electron chi connectivity index (χ4n) is 3.40. The number of nitrogens with zero attached hydrogens (tertiary/aromatic N) is 2. The zero-order valence-electron chi connectivity index (χ0n) is 16.9. The largest absolute Gasteiger partial charge is 0.355 e. The van der Waals surface area contributed by atoms with Crippen molar-refractivity contribution in [1.82, 2.24) is 15.1 Å². The van der Waals surface area contributed by atoms with Gasteiger partial charge < -0.3 is 10.2 Å². The van der Waals surface area contributed by atoms with Gasteiger partial charge in [0, 0.05) is 37.7 Å². The number of piperazine rings is 1. The zero-order chi connectivity index (χ0) is 20.6. The molecule has 1 aliphatic rings. The number of rotatable bonds is 7. The fraction of sp³-hybridized carbons (Fsp3) is 0.391. The van der Waals surface area contributed by atoms with Crippen LogP contribution in [0.1, 0.15) is 16.7 Å². The van der Waals surface area contributed by atoms with Crippen LogP contribution in [0, 0.1) is 6.92 Å². The molecule has 1 N–H and O–H groups in total. The summed E-state index contributed by atoms with van der Waals surface area (Å²) < 4.78 is 0. The quantitative estimate of drug-likeness (QED) is 0.759. The van der Waals surface area contributed by atoms with Crippen molar-refractivity contribution in [2.24, 2.45) is 0 Å². The lowest BCUT2D eigenvalue weighted by Crippen LogP contribution is -2.51. The summed E-state index contributed by atoms with van der Waals surface area (Å²) in [6, 6.07) is 15.8. The van der Waals surface area contributed by atoms with E-state index in [0.29, 0.717) is 37.6 Å². The lowest BCUT2D eigenvalue weighted by atomic mass is 10.1. The first-order valence-corrected chi connectivity index (χ1v) is 10.4. The Hall–Kier alpha value is -2.37. The second-order valence-corrected chi connectivity index (χ2v) is 7.98. The van der Waals surface area contributed by atoms with E-state index in [2.05, 4.69) is 10.2 Å². The van der Waals surface area contributed by atoms with Crippen LogP contribution in [-0.4, -0.2) is 60.9 Å². The first-order chi connectivity index (χ1) is 14.0. The number of amides is 2. The summed E-state index contributed by atoms with van der Waals surface area (Å²) in [6.07, 6.45) is 1.22. The fourth-order valence-corrected chi connectivity index (χ4v) is 3.53. The number of hydrogen-bond donors (Lipinski definition) is 1. The number of carbonyl (C=O) groups excluding carboxylic acids is 2. The second-order valence-electron chi connectivity index (χ2n) is 7.55. The maximum absolute atomic E-state index is 12.5. The molecule has 1 heterocycles.